The van der Waals surface area contributed by atoms with E-state index >= 15 is 0 Å². The summed E-state index contributed by atoms with van der Waals surface area (Å²) in [6.07, 6.45) is 3.90. The van der Waals surface area contributed by atoms with Crippen molar-refractivity contribution in [2.75, 3.05) is 51.8 Å². The van der Waals surface area contributed by atoms with Crippen molar-refractivity contribution in [3.63, 3.8) is 0 Å². The van der Waals surface area contributed by atoms with Gasteiger partial charge in [-0.1, -0.05) is 12.8 Å². The Morgan fingerprint density at radius 1 is 1.21 bits per heavy atom. The van der Waals surface area contributed by atoms with Gasteiger partial charge in [-0.3, -0.25) is 4.79 Å². The number of morpholine rings is 1. The Bertz CT molecular complexity index is 806. The van der Waals surface area contributed by atoms with Gasteiger partial charge in [-0.05, 0) is 38.0 Å². The number of benzene rings is 1. The van der Waals surface area contributed by atoms with Gasteiger partial charge in [0.2, 0.25) is 15.9 Å². The molecule has 1 aromatic rings. The maximum Gasteiger partial charge on any atom is 0.243 e. The molecule has 0 aromatic heterocycles. The van der Waals surface area contributed by atoms with Crippen molar-refractivity contribution in [1.29, 1.82) is 0 Å². The second-order valence-electron chi connectivity index (χ2n) is 7.56. The summed E-state index contributed by atoms with van der Waals surface area (Å²) in [4.78, 5) is 14.5. The van der Waals surface area contributed by atoms with Crippen molar-refractivity contribution in [2.45, 2.75) is 43.6 Å². The Morgan fingerprint density at radius 2 is 1.93 bits per heavy atom. The number of carbonyl (C=O) groups is 1. The highest BCUT2D eigenvalue weighted by Crippen LogP contribution is 2.29. The molecule has 0 saturated carbocycles. The van der Waals surface area contributed by atoms with Crippen molar-refractivity contribution in [1.82, 2.24) is 9.21 Å². The molecule has 29 heavy (non-hydrogen) atoms. The third kappa shape index (κ3) is 5.40. The molecule has 1 atom stereocenters. The summed E-state index contributed by atoms with van der Waals surface area (Å²) >= 11 is 0. The molecule has 3 rings (SSSR count). The van der Waals surface area contributed by atoms with E-state index in [9.17, 15) is 13.2 Å². The summed E-state index contributed by atoms with van der Waals surface area (Å²) in [6, 6.07) is 4.76. The van der Waals surface area contributed by atoms with Gasteiger partial charge in [0.15, 0.2) is 0 Å². The van der Waals surface area contributed by atoms with Crippen molar-refractivity contribution < 1.29 is 22.7 Å². The first-order chi connectivity index (χ1) is 13.9. The average Bonchev–Trinajstić information content (AvgIpc) is 3.02. The number of ether oxygens (including phenoxy) is 2. The summed E-state index contributed by atoms with van der Waals surface area (Å²) in [5.41, 5.74) is 0.498. The van der Waals surface area contributed by atoms with Crippen LogP contribution in [0.5, 0.6) is 5.75 Å². The number of nitrogens with one attached hydrogen (secondary N) is 1. The number of amides is 1. The van der Waals surface area contributed by atoms with Crippen LogP contribution in [0.2, 0.25) is 0 Å². The molecule has 1 aromatic carbocycles. The topological polar surface area (TPSA) is 88.2 Å². The summed E-state index contributed by atoms with van der Waals surface area (Å²) in [5.74, 6) is 0.450. The molecule has 8 nitrogen and oxygen atoms in total. The fourth-order valence-corrected chi connectivity index (χ4v) is 5.29. The molecule has 162 valence electrons. The maximum atomic E-state index is 13.1. The van der Waals surface area contributed by atoms with Crippen LogP contribution in [-0.4, -0.2) is 76.1 Å². The quantitative estimate of drug-likeness (QED) is 0.749. The third-order valence-corrected chi connectivity index (χ3v) is 7.29. The van der Waals surface area contributed by atoms with Gasteiger partial charge in [0.1, 0.15) is 5.75 Å². The van der Waals surface area contributed by atoms with Crippen LogP contribution < -0.4 is 10.1 Å². The Labute approximate surface area is 173 Å². The second kappa shape index (κ2) is 9.77. The zero-order chi connectivity index (χ0) is 20.9. The Morgan fingerprint density at radius 3 is 2.59 bits per heavy atom. The van der Waals surface area contributed by atoms with Gasteiger partial charge < -0.3 is 19.7 Å². The number of nitrogens with zero attached hydrogens (tertiary/aromatic N) is 2. The standard InChI is InChI=1S/C20H31N3O5S/c1-16-15-22(11-12-28-16)20(24)14-21-18-13-17(7-8-19(18)27-2)29(25,26)23-9-5-3-4-6-10-23/h7-8,13,16,21H,3-6,9-12,14-15H2,1-2H3. The van der Waals surface area contributed by atoms with E-state index in [1.807, 2.05) is 6.92 Å². The predicted molar refractivity (Wildman–Crippen MR) is 111 cm³/mol. The second-order valence-corrected chi connectivity index (χ2v) is 9.49. The molecule has 0 spiro atoms. The van der Waals surface area contributed by atoms with E-state index in [1.165, 1.54) is 7.11 Å². The molecule has 2 saturated heterocycles. The lowest BCUT2D eigenvalue weighted by atomic mass is 10.2. The van der Waals surface area contributed by atoms with E-state index in [0.29, 0.717) is 44.2 Å². The number of methoxy groups -OCH3 is 1. The fourth-order valence-electron chi connectivity index (χ4n) is 3.74. The van der Waals surface area contributed by atoms with Crippen molar-refractivity contribution >= 4 is 21.6 Å². The number of carbonyl (C=O) groups excluding carboxylic acids is 1. The minimum absolute atomic E-state index is 0.0179. The smallest absolute Gasteiger partial charge is 0.243 e. The van der Waals surface area contributed by atoms with Crippen LogP contribution >= 0.6 is 0 Å². The molecule has 2 heterocycles. The number of anilines is 1. The summed E-state index contributed by atoms with van der Waals surface area (Å²) in [6.45, 7) is 4.74. The Hall–Kier alpha value is -1.84. The van der Waals surface area contributed by atoms with E-state index in [1.54, 1.807) is 27.4 Å². The Balaban J connectivity index is 1.73. The van der Waals surface area contributed by atoms with E-state index in [0.717, 1.165) is 25.7 Å². The molecule has 1 N–H and O–H groups in total. The first-order valence-electron chi connectivity index (χ1n) is 10.2. The highest BCUT2D eigenvalue weighted by atomic mass is 32.2. The lowest BCUT2D eigenvalue weighted by molar-refractivity contribution is -0.136. The number of sulfonamides is 1. The third-order valence-electron chi connectivity index (χ3n) is 5.40. The van der Waals surface area contributed by atoms with E-state index in [2.05, 4.69) is 5.32 Å². The van der Waals surface area contributed by atoms with Gasteiger partial charge in [0, 0.05) is 26.2 Å². The molecule has 2 aliphatic heterocycles. The van der Waals surface area contributed by atoms with Crippen molar-refractivity contribution in [3.8, 4) is 5.75 Å². The molecular weight excluding hydrogens is 394 g/mol. The monoisotopic (exact) mass is 425 g/mol. The fraction of sp³-hybridized carbons (Fsp3) is 0.650. The molecule has 1 amide bonds. The minimum Gasteiger partial charge on any atom is -0.495 e. The average molecular weight is 426 g/mol. The number of rotatable bonds is 6. The summed E-state index contributed by atoms with van der Waals surface area (Å²) < 4.78 is 38.6. The molecular formula is C20H31N3O5S. The van der Waals surface area contributed by atoms with Crippen LogP contribution in [0.4, 0.5) is 5.69 Å². The molecule has 0 aliphatic carbocycles. The van der Waals surface area contributed by atoms with E-state index < -0.39 is 10.0 Å². The number of hydrogen-bond donors (Lipinski definition) is 1. The van der Waals surface area contributed by atoms with Crippen molar-refractivity contribution in [3.05, 3.63) is 18.2 Å². The van der Waals surface area contributed by atoms with Gasteiger partial charge >= 0.3 is 0 Å². The summed E-state index contributed by atoms with van der Waals surface area (Å²) in [7, 11) is -2.05. The number of hydrogen-bond acceptors (Lipinski definition) is 6. The molecule has 2 aliphatic rings. The van der Waals surface area contributed by atoms with Gasteiger partial charge in [0.25, 0.3) is 0 Å². The van der Waals surface area contributed by atoms with Crippen LogP contribution in [0.3, 0.4) is 0 Å². The Kier molecular flexibility index (Phi) is 7.37. The zero-order valence-electron chi connectivity index (χ0n) is 17.2. The highest BCUT2D eigenvalue weighted by Gasteiger charge is 2.26. The van der Waals surface area contributed by atoms with Crippen LogP contribution in [0.15, 0.2) is 23.1 Å². The molecule has 0 radical (unpaired) electrons. The molecule has 2 fully saturated rings. The normalized spacial score (nSPS) is 21.4. The SMILES string of the molecule is COc1ccc(S(=O)(=O)N2CCCCCC2)cc1NCC(=O)N1CCOC(C)C1. The van der Waals surface area contributed by atoms with Crippen LogP contribution in [0.25, 0.3) is 0 Å². The van der Waals surface area contributed by atoms with Crippen LogP contribution in [0.1, 0.15) is 32.6 Å². The highest BCUT2D eigenvalue weighted by molar-refractivity contribution is 7.89. The van der Waals surface area contributed by atoms with Crippen LogP contribution in [0, 0.1) is 0 Å². The van der Waals surface area contributed by atoms with E-state index in [-0.39, 0.29) is 23.5 Å². The predicted octanol–water partition coefficient (Wildman–Crippen LogP) is 1.92. The first kappa shape index (κ1) is 21.9. The van der Waals surface area contributed by atoms with Gasteiger partial charge in [-0.15, -0.1) is 0 Å². The molecule has 9 heteroatoms. The van der Waals surface area contributed by atoms with E-state index in [4.69, 9.17) is 9.47 Å². The van der Waals surface area contributed by atoms with Gasteiger partial charge in [-0.25, -0.2) is 8.42 Å². The maximum absolute atomic E-state index is 13.1. The lowest BCUT2D eigenvalue weighted by Crippen LogP contribution is -2.46. The van der Waals surface area contributed by atoms with Gasteiger partial charge in [0.05, 0.1) is 36.9 Å². The first-order valence-corrected chi connectivity index (χ1v) is 11.7. The molecule has 0 bridgehead atoms. The minimum atomic E-state index is -3.57. The van der Waals surface area contributed by atoms with Gasteiger partial charge in [-0.2, -0.15) is 4.31 Å². The zero-order valence-corrected chi connectivity index (χ0v) is 18.0. The molecule has 1 unspecified atom stereocenters. The lowest BCUT2D eigenvalue weighted by Gasteiger charge is -2.31. The van der Waals surface area contributed by atoms with Crippen molar-refractivity contribution in [2.24, 2.45) is 0 Å². The largest absolute Gasteiger partial charge is 0.495 e. The summed E-state index contributed by atoms with van der Waals surface area (Å²) in [5, 5.41) is 3.06. The van der Waals surface area contributed by atoms with Crippen LogP contribution in [-0.2, 0) is 19.6 Å².